The van der Waals surface area contributed by atoms with E-state index in [2.05, 4.69) is 17.2 Å². The van der Waals surface area contributed by atoms with Crippen LogP contribution in [0, 0.1) is 0 Å². The number of thiazole rings is 1. The summed E-state index contributed by atoms with van der Waals surface area (Å²) in [5, 5.41) is 3.76. The molecule has 2 rings (SSSR count). The zero-order valence-electron chi connectivity index (χ0n) is 11.5. The Hall–Kier alpha value is -1.72. The number of nitrogens with one attached hydrogen (secondary N) is 1. The van der Waals surface area contributed by atoms with Gasteiger partial charge in [-0.15, -0.1) is 11.3 Å². The first-order valence-electron chi connectivity index (χ1n) is 6.70. The lowest BCUT2D eigenvalue weighted by atomic mass is 10.1. The van der Waals surface area contributed by atoms with Crippen molar-refractivity contribution in [2.24, 2.45) is 5.73 Å². The molecular weight excluding hydrogens is 270 g/mol. The normalized spacial score (nSPS) is 12.1. The fourth-order valence-corrected chi connectivity index (χ4v) is 2.65. The number of hydrogen-bond acceptors (Lipinski definition) is 4. The van der Waals surface area contributed by atoms with Crippen LogP contribution >= 0.6 is 11.3 Å². The molecule has 0 radical (unpaired) electrons. The second kappa shape index (κ2) is 7.17. The Labute approximate surface area is 123 Å². The number of amides is 1. The maximum atomic E-state index is 11.9. The highest BCUT2D eigenvalue weighted by molar-refractivity contribution is 7.11. The molecule has 1 aromatic carbocycles. The minimum Gasteiger partial charge on any atom is -0.348 e. The maximum absolute atomic E-state index is 11.9. The summed E-state index contributed by atoms with van der Waals surface area (Å²) >= 11 is 1.62. The van der Waals surface area contributed by atoms with Gasteiger partial charge >= 0.3 is 0 Å². The molecule has 0 saturated heterocycles. The summed E-state index contributed by atoms with van der Waals surface area (Å²) < 4.78 is 0. The molecule has 1 aromatic heterocycles. The van der Waals surface area contributed by atoms with E-state index in [1.54, 1.807) is 11.3 Å². The SMILES string of the molecule is CCc1cnc(CNC(=O)[C@H](N)Cc2ccccc2)s1. The fraction of sp³-hybridized carbons (Fsp3) is 0.333. The van der Waals surface area contributed by atoms with Crippen LogP contribution in [0.2, 0.25) is 0 Å². The third-order valence-electron chi connectivity index (χ3n) is 3.00. The quantitative estimate of drug-likeness (QED) is 0.853. The first-order chi connectivity index (χ1) is 9.69. The average Bonchev–Trinajstić information content (AvgIpc) is 2.93. The predicted octanol–water partition coefficient (Wildman–Crippen LogP) is 1.89. The van der Waals surface area contributed by atoms with E-state index in [0.717, 1.165) is 17.0 Å². The molecule has 0 unspecified atom stereocenters. The van der Waals surface area contributed by atoms with Crippen molar-refractivity contribution < 1.29 is 4.79 Å². The van der Waals surface area contributed by atoms with E-state index in [9.17, 15) is 4.79 Å². The topological polar surface area (TPSA) is 68.0 Å². The van der Waals surface area contributed by atoms with Crippen molar-refractivity contribution in [3.8, 4) is 0 Å². The molecule has 1 atom stereocenters. The van der Waals surface area contributed by atoms with Gasteiger partial charge in [0.2, 0.25) is 5.91 Å². The van der Waals surface area contributed by atoms with Crippen molar-refractivity contribution in [3.63, 3.8) is 0 Å². The first-order valence-corrected chi connectivity index (χ1v) is 7.51. The number of aryl methyl sites for hydroxylation is 1. The Morgan fingerprint density at radius 2 is 2.15 bits per heavy atom. The van der Waals surface area contributed by atoms with Gasteiger partial charge in [0, 0.05) is 11.1 Å². The first kappa shape index (κ1) is 14.7. The van der Waals surface area contributed by atoms with E-state index in [1.807, 2.05) is 36.5 Å². The third kappa shape index (κ3) is 4.15. The molecule has 0 aliphatic carbocycles. The minimum absolute atomic E-state index is 0.137. The van der Waals surface area contributed by atoms with Crippen LogP contribution < -0.4 is 11.1 Å². The molecule has 0 fully saturated rings. The van der Waals surface area contributed by atoms with Gasteiger partial charge in [0.1, 0.15) is 5.01 Å². The van der Waals surface area contributed by atoms with Crippen LogP contribution in [-0.4, -0.2) is 16.9 Å². The van der Waals surface area contributed by atoms with E-state index in [-0.39, 0.29) is 5.91 Å². The Balaban J connectivity index is 1.82. The van der Waals surface area contributed by atoms with Crippen LogP contribution in [0.5, 0.6) is 0 Å². The molecule has 2 aromatic rings. The summed E-state index contributed by atoms with van der Waals surface area (Å²) in [5.74, 6) is -0.137. The molecule has 5 heteroatoms. The Bertz CT molecular complexity index is 553. The van der Waals surface area contributed by atoms with Crippen molar-refractivity contribution in [1.82, 2.24) is 10.3 Å². The predicted molar refractivity (Wildman–Crippen MR) is 81.5 cm³/mol. The minimum atomic E-state index is -0.525. The van der Waals surface area contributed by atoms with Crippen molar-refractivity contribution >= 4 is 17.2 Å². The second-order valence-electron chi connectivity index (χ2n) is 4.59. The van der Waals surface area contributed by atoms with Crippen molar-refractivity contribution in [3.05, 3.63) is 52.0 Å². The molecule has 4 nitrogen and oxygen atoms in total. The van der Waals surface area contributed by atoms with E-state index in [4.69, 9.17) is 5.73 Å². The standard InChI is InChI=1S/C15H19N3OS/c1-2-12-9-17-14(20-12)10-18-15(19)13(16)8-11-6-4-3-5-7-11/h3-7,9,13H,2,8,10,16H2,1H3,(H,18,19)/t13-/m1/s1. The molecule has 0 spiro atoms. The number of carbonyl (C=O) groups excluding carboxylic acids is 1. The van der Waals surface area contributed by atoms with Crippen LogP contribution in [0.15, 0.2) is 36.5 Å². The van der Waals surface area contributed by atoms with Gasteiger partial charge in [0.15, 0.2) is 0 Å². The van der Waals surface area contributed by atoms with Gasteiger partial charge in [-0.25, -0.2) is 4.98 Å². The summed E-state index contributed by atoms with van der Waals surface area (Å²) in [6, 6.07) is 9.26. The van der Waals surface area contributed by atoms with E-state index >= 15 is 0 Å². The van der Waals surface area contributed by atoms with Gasteiger partial charge in [0.25, 0.3) is 0 Å². The Morgan fingerprint density at radius 1 is 1.40 bits per heavy atom. The Kier molecular flexibility index (Phi) is 5.26. The molecule has 0 aliphatic rings. The van der Waals surface area contributed by atoms with Gasteiger partial charge < -0.3 is 11.1 Å². The number of hydrogen-bond donors (Lipinski definition) is 2. The van der Waals surface area contributed by atoms with Crippen molar-refractivity contribution in [2.75, 3.05) is 0 Å². The molecule has 3 N–H and O–H groups in total. The Morgan fingerprint density at radius 3 is 2.80 bits per heavy atom. The zero-order chi connectivity index (χ0) is 14.4. The highest BCUT2D eigenvalue weighted by Crippen LogP contribution is 2.12. The molecule has 0 saturated carbocycles. The number of rotatable bonds is 6. The summed E-state index contributed by atoms with van der Waals surface area (Å²) in [4.78, 5) is 17.4. The van der Waals surface area contributed by atoms with Gasteiger partial charge in [-0.2, -0.15) is 0 Å². The van der Waals surface area contributed by atoms with Crippen molar-refractivity contribution in [1.29, 1.82) is 0 Å². The third-order valence-corrected chi connectivity index (χ3v) is 4.14. The summed E-state index contributed by atoms with van der Waals surface area (Å²) in [6.07, 6.45) is 3.37. The van der Waals surface area contributed by atoms with E-state index in [1.165, 1.54) is 4.88 Å². The van der Waals surface area contributed by atoms with Gasteiger partial charge in [-0.05, 0) is 18.4 Å². The van der Waals surface area contributed by atoms with Gasteiger partial charge in [-0.3, -0.25) is 4.79 Å². The summed E-state index contributed by atoms with van der Waals surface area (Å²) in [6.45, 7) is 2.54. The number of nitrogens with zero attached hydrogens (tertiary/aromatic N) is 1. The van der Waals surface area contributed by atoms with E-state index in [0.29, 0.717) is 13.0 Å². The molecule has 0 aliphatic heterocycles. The smallest absolute Gasteiger partial charge is 0.237 e. The van der Waals surface area contributed by atoms with Crippen LogP contribution in [0.25, 0.3) is 0 Å². The zero-order valence-corrected chi connectivity index (χ0v) is 12.3. The highest BCUT2D eigenvalue weighted by Gasteiger charge is 2.14. The monoisotopic (exact) mass is 289 g/mol. The molecule has 20 heavy (non-hydrogen) atoms. The lowest BCUT2D eigenvalue weighted by Gasteiger charge is -2.11. The van der Waals surface area contributed by atoms with Crippen molar-refractivity contribution in [2.45, 2.75) is 32.4 Å². The average molecular weight is 289 g/mol. The number of nitrogens with two attached hydrogens (primary N) is 1. The molecule has 106 valence electrons. The van der Waals surface area contributed by atoms with E-state index < -0.39 is 6.04 Å². The molecule has 0 bridgehead atoms. The molecular formula is C15H19N3OS. The largest absolute Gasteiger partial charge is 0.348 e. The second-order valence-corrected chi connectivity index (χ2v) is 5.79. The molecule has 1 heterocycles. The van der Waals surface area contributed by atoms with Gasteiger partial charge in [-0.1, -0.05) is 37.3 Å². The van der Waals surface area contributed by atoms with Gasteiger partial charge in [0.05, 0.1) is 12.6 Å². The lowest BCUT2D eigenvalue weighted by molar-refractivity contribution is -0.122. The molecule has 1 amide bonds. The summed E-state index contributed by atoms with van der Waals surface area (Å²) in [5.41, 5.74) is 6.98. The van der Waals surface area contributed by atoms with Crippen LogP contribution in [-0.2, 0) is 24.2 Å². The fourth-order valence-electron chi connectivity index (χ4n) is 1.85. The van der Waals surface area contributed by atoms with Crippen LogP contribution in [0.3, 0.4) is 0 Å². The maximum Gasteiger partial charge on any atom is 0.237 e. The number of carbonyl (C=O) groups is 1. The number of aromatic nitrogens is 1. The number of benzene rings is 1. The lowest BCUT2D eigenvalue weighted by Crippen LogP contribution is -2.41. The van der Waals surface area contributed by atoms with Crippen LogP contribution in [0.1, 0.15) is 22.4 Å². The van der Waals surface area contributed by atoms with Crippen LogP contribution in [0.4, 0.5) is 0 Å². The highest BCUT2D eigenvalue weighted by atomic mass is 32.1. The summed E-state index contributed by atoms with van der Waals surface area (Å²) in [7, 11) is 0.